The van der Waals surface area contributed by atoms with Gasteiger partial charge < -0.3 is 0 Å². The molecule has 17 heavy (non-hydrogen) atoms. The van der Waals surface area contributed by atoms with Crippen LogP contribution in [0.2, 0.25) is 0 Å². The van der Waals surface area contributed by atoms with Crippen LogP contribution in [0, 0.1) is 10.1 Å². The number of halogens is 2. The molecule has 0 amide bonds. The first-order valence-electron chi connectivity index (χ1n) is 4.68. The topological polar surface area (TPSA) is 52.4 Å². The van der Waals surface area contributed by atoms with Crippen molar-refractivity contribution in [2.24, 2.45) is 0 Å². The molecule has 0 aliphatic heterocycles. The Labute approximate surface area is 126 Å². The van der Waals surface area contributed by atoms with E-state index in [9.17, 15) is 10.1 Å². The molecular formula is C10H11I2NO3Ru. The molecule has 0 aliphatic rings. The zero-order valence-corrected chi connectivity index (χ0v) is 15.2. The summed E-state index contributed by atoms with van der Waals surface area (Å²) in [5.41, 5.74) is 0.936. The molecule has 1 rings (SSSR count). The summed E-state index contributed by atoms with van der Waals surface area (Å²) < 4.78 is 7.72. The Kier molecular flexibility index (Phi) is 6.43. The molecule has 0 heterocycles. The van der Waals surface area contributed by atoms with Crippen molar-refractivity contribution < 1.29 is 18.1 Å². The van der Waals surface area contributed by atoms with Crippen molar-refractivity contribution in [3.05, 3.63) is 33.9 Å². The van der Waals surface area contributed by atoms with Gasteiger partial charge in [-0.05, 0) is 0 Å². The average Bonchev–Trinajstić information content (AvgIpc) is 2.18. The van der Waals surface area contributed by atoms with Crippen LogP contribution in [0.3, 0.4) is 0 Å². The van der Waals surface area contributed by atoms with Crippen LogP contribution in [-0.2, 0) is 8.47 Å². The zero-order valence-electron chi connectivity index (χ0n) is 9.17. The zero-order chi connectivity index (χ0) is 13.0. The van der Waals surface area contributed by atoms with Crippen LogP contribution in [0.25, 0.3) is 0 Å². The number of non-ortho nitro benzene ring substituents is 1. The molecule has 96 valence electrons. The molecule has 0 spiro atoms. The summed E-state index contributed by atoms with van der Waals surface area (Å²) in [6.07, 6.45) is 0.0627. The number of nitrogens with zero attached hydrogens (tertiary/aromatic N) is 1. The van der Waals surface area contributed by atoms with Gasteiger partial charge in [-0.25, -0.2) is 0 Å². The number of nitro benzene ring substituents is 1. The van der Waals surface area contributed by atoms with Gasteiger partial charge in [0.2, 0.25) is 0 Å². The molecule has 1 aromatic carbocycles. The van der Waals surface area contributed by atoms with Gasteiger partial charge in [0.15, 0.2) is 0 Å². The Morgan fingerprint density at radius 3 is 2.59 bits per heavy atom. The molecule has 0 N–H and O–H groups in total. The van der Waals surface area contributed by atoms with Crippen molar-refractivity contribution in [3.8, 4) is 5.75 Å². The van der Waals surface area contributed by atoms with Crippen molar-refractivity contribution in [1.82, 2.24) is 0 Å². The van der Waals surface area contributed by atoms with Gasteiger partial charge in [-0.3, -0.25) is 0 Å². The molecule has 0 bridgehead atoms. The summed E-state index contributed by atoms with van der Waals surface area (Å²) in [4.78, 5) is 10.4. The van der Waals surface area contributed by atoms with E-state index in [1.54, 1.807) is 12.1 Å². The monoisotopic (exact) mass is 549 g/mol. The van der Waals surface area contributed by atoms with Crippen LogP contribution in [0.5, 0.6) is 5.75 Å². The third-order valence-electron chi connectivity index (χ3n) is 1.75. The Bertz CT molecular complexity index is 459. The second-order valence-electron chi connectivity index (χ2n) is 3.45. The molecule has 1 aromatic rings. The fourth-order valence-corrected chi connectivity index (χ4v) is 4.78. The summed E-state index contributed by atoms with van der Waals surface area (Å²) >= 11 is 4.75. The Hall–Kier alpha value is 0.373. The van der Waals surface area contributed by atoms with Crippen molar-refractivity contribution >= 4 is 49.8 Å². The van der Waals surface area contributed by atoms with E-state index in [-0.39, 0.29) is 16.7 Å². The van der Waals surface area contributed by atoms with E-state index in [4.69, 9.17) is 4.74 Å². The summed E-state index contributed by atoms with van der Waals surface area (Å²) in [5, 5.41) is 10.7. The second-order valence-corrected chi connectivity index (χ2v) is 23.3. The Morgan fingerprint density at radius 2 is 2.12 bits per heavy atom. The summed E-state index contributed by atoms with van der Waals surface area (Å²) in [5.74, 6) is 0.720. The maximum absolute atomic E-state index is 10.7. The quantitative estimate of drug-likeness (QED) is 0.249. The number of hydrogen-bond donors (Lipinski definition) is 0. The predicted molar refractivity (Wildman–Crippen MR) is 82.1 cm³/mol. The van der Waals surface area contributed by atoms with Crippen molar-refractivity contribution in [2.75, 3.05) is 0 Å². The van der Waals surface area contributed by atoms with Crippen LogP contribution < -0.4 is 4.74 Å². The number of ether oxygens (including phenoxy) is 1. The average molecular weight is 548 g/mol. The van der Waals surface area contributed by atoms with Crippen molar-refractivity contribution in [1.29, 1.82) is 0 Å². The molecule has 0 saturated carbocycles. The van der Waals surface area contributed by atoms with E-state index >= 15 is 0 Å². The van der Waals surface area contributed by atoms with Gasteiger partial charge in [-0.15, -0.1) is 0 Å². The van der Waals surface area contributed by atoms with Crippen LogP contribution in [0.1, 0.15) is 19.4 Å². The molecule has 0 atom stereocenters. The van der Waals surface area contributed by atoms with Gasteiger partial charge in [0.25, 0.3) is 0 Å². The molecule has 4 nitrogen and oxygen atoms in total. The predicted octanol–water partition coefficient (Wildman–Crippen LogP) is 3.85. The van der Waals surface area contributed by atoms with Crippen LogP contribution in [0.15, 0.2) is 18.2 Å². The maximum atomic E-state index is 10.7. The third kappa shape index (κ3) is 5.25. The van der Waals surface area contributed by atoms with E-state index in [1.165, 1.54) is 6.07 Å². The van der Waals surface area contributed by atoms with Gasteiger partial charge in [0.1, 0.15) is 0 Å². The molecule has 0 aromatic heterocycles. The molecule has 0 fully saturated rings. The number of rotatable bonds is 4. The van der Waals surface area contributed by atoms with Crippen molar-refractivity contribution in [2.45, 2.75) is 20.0 Å². The number of hydrogen-bond acceptors (Lipinski definition) is 3. The first-order chi connectivity index (χ1) is 7.90. The van der Waals surface area contributed by atoms with Gasteiger partial charge in [0, 0.05) is 0 Å². The summed E-state index contributed by atoms with van der Waals surface area (Å²) in [6.45, 7) is 3.88. The SMILES string of the molecule is CC(C)Oc1ccc([N+](=O)[O-])cc1[CH]=[Ru]([I])[I]. The first-order valence-corrected chi connectivity index (χ1v) is 16.0. The Balaban J connectivity index is 3.21. The van der Waals surface area contributed by atoms with Crippen LogP contribution in [-0.4, -0.2) is 15.6 Å². The molecule has 0 saturated heterocycles. The van der Waals surface area contributed by atoms with Gasteiger partial charge >= 0.3 is 128 Å². The summed E-state index contributed by atoms with van der Waals surface area (Å²) in [6, 6.07) is 4.73. The van der Waals surface area contributed by atoms with Gasteiger partial charge in [-0.1, -0.05) is 0 Å². The van der Waals surface area contributed by atoms with Gasteiger partial charge in [0.05, 0.1) is 0 Å². The van der Waals surface area contributed by atoms with E-state index < -0.39 is 8.47 Å². The van der Waals surface area contributed by atoms with Crippen molar-refractivity contribution in [3.63, 3.8) is 0 Å². The molecule has 0 aliphatic carbocycles. The van der Waals surface area contributed by atoms with E-state index in [2.05, 4.69) is 44.1 Å². The second kappa shape index (κ2) is 7.08. The molecule has 7 heteroatoms. The van der Waals surface area contributed by atoms with E-state index in [0.717, 1.165) is 11.3 Å². The normalized spacial score (nSPS) is 11.2. The fourth-order valence-electron chi connectivity index (χ4n) is 1.17. The Morgan fingerprint density at radius 1 is 1.47 bits per heavy atom. The van der Waals surface area contributed by atoms with Crippen LogP contribution in [0.4, 0.5) is 5.69 Å². The third-order valence-corrected chi connectivity index (χ3v) is 5.28. The molecule has 0 unspecified atom stereocenters. The van der Waals surface area contributed by atoms with Crippen LogP contribution >= 0.6 is 39.5 Å². The fraction of sp³-hybridized carbons (Fsp3) is 0.300. The van der Waals surface area contributed by atoms with E-state index in [1.807, 2.05) is 13.8 Å². The minimum absolute atomic E-state index is 0.0627. The van der Waals surface area contributed by atoms with Gasteiger partial charge in [-0.2, -0.15) is 0 Å². The number of benzene rings is 1. The first kappa shape index (κ1) is 15.4. The standard InChI is InChI=1S/C10H11NO3.2HI.Ru/c1-7(2)14-10-5-4-9(11(12)13)6-8(10)3;;;/h3-7H,1-2H3;2*1H;/q;;;+2/p-2. The molecular weight excluding hydrogens is 537 g/mol. The summed E-state index contributed by atoms with van der Waals surface area (Å²) in [7, 11) is -1.05. The molecule has 0 radical (unpaired) electrons. The van der Waals surface area contributed by atoms with E-state index in [0.29, 0.717) is 0 Å². The minimum atomic E-state index is -1.05. The number of nitro groups is 1.